The van der Waals surface area contributed by atoms with Crippen LogP contribution in [0.25, 0.3) is 0 Å². The summed E-state index contributed by atoms with van der Waals surface area (Å²) >= 11 is 5.79. The molecule has 0 bridgehead atoms. The number of nitrogens with two attached hydrogens (primary N) is 1. The molecule has 1 aliphatic heterocycles. The second-order valence-corrected chi connectivity index (χ2v) is 5.43. The van der Waals surface area contributed by atoms with E-state index in [-0.39, 0.29) is 43.0 Å². The molecule has 3 N–H and O–H groups in total. The number of nitrogens with zero attached hydrogens (tertiary/aromatic N) is 1. The Morgan fingerprint density at radius 2 is 2.19 bits per heavy atom. The summed E-state index contributed by atoms with van der Waals surface area (Å²) in [4.78, 5) is 36.3. The van der Waals surface area contributed by atoms with Gasteiger partial charge in [0.05, 0.1) is 10.7 Å². The standard InChI is InChI=1S/C14H16ClN3O3/c1-8-6-13(20)18(14(8)21)5-4-12(19)17-9-2-3-10(15)11(16)7-9/h2-3,7-8H,4-6,16H2,1H3,(H,17,19). The summed E-state index contributed by atoms with van der Waals surface area (Å²) in [7, 11) is 0. The van der Waals surface area contributed by atoms with Gasteiger partial charge in [0, 0.05) is 31.0 Å². The quantitative estimate of drug-likeness (QED) is 0.653. The molecule has 1 aliphatic rings. The van der Waals surface area contributed by atoms with Crippen LogP contribution in [-0.4, -0.2) is 29.2 Å². The molecule has 1 unspecified atom stereocenters. The number of hydrogen-bond donors (Lipinski definition) is 2. The van der Waals surface area contributed by atoms with E-state index in [1.165, 1.54) is 0 Å². The van der Waals surface area contributed by atoms with Crippen LogP contribution in [-0.2, 0) is 14.4 Å². The van der Waals surface area contributed by atoms with Crippen molar-refractivity contribution in [2.75, 3.05) is 17.6 Å². The Morgan fingerprint density at radius 1 is 1.48 bits per heavy atom. The summed E-state index contributed by atoms with van der Waals surface area (Å²) in [5, 5.41) is 3.06. The summed E-state index contributed by atoms with van der Waals surface area (Å²) in [6.07, 6.45) is 0.265. The first-order valence-corrected chi connectivity index (χ1v) is 6.95. The molecular formula is C14H16ClN3O3. The minimum atomic E-state index is -0.295. The third kappa shape index (κ3) is 3.52. The first-order chi connectivity index (χ1) is 9.88. The Bertz CT molecular complexity index is 603. The molecule has 1 fully saturated rings. The topological polar surface area (TPSA) is 92.5 Å². The number of amides is 3. The average Bonchev–Trinajstić information content (AvgIpc) is 2.66. The van der Waals surface area contributed by atoms with Gasteiger partial charge in [0.1, 0.15) is 0 Å². The number of halogens is 1. The molecule has 1 aromatic rings. The lowest BCUT2D eigenvalue weighted by Crippen LogP contribution is -2.33. The zero-order chi connectivity index (χ0) is 15.6. The molecule has 2 rings (SSSR count). The predicted octanol–water partition coefficient (Wildman–Crippen LogP) is 1.65. The highest BCUT2D eigenvalue weighted by Gasteiger charge is 2.35. The number of likely N-dealkylation sites (tertiary alicyclic amines) is 1. The number of rotatable bonds is 4. The van der Waals surface area contributed by atoms with Gasteiger partial charge in [-0.15, -0.1) is 0 Å². The van der Waals surface area contributed by atoms with E-state index >= 15 is 0 Å². The second kappa shape index (κ2) is 6.13. The lowest BCUT2D eigenvalue weighted by atomic mass is 10.1. The highest BCUT2D eigenvalue weighted by molar-refractivity contribution is 6.33. The van der Waals surface area contributed by atoms with E-state index in [0.717, 1.165) is 4.90 Å². The van der Waals surface area contributed by atoms with Gasteiger partial charge in [0.15, 0.2) is 0 Å². The smallest absolute Gasteiger partial charge is 0.232 e. The maximum absolute atomic E-state index is 11.8. The van der Waals surface area contributed by atoms with Crippen LogP contribution in [0.3, 0.4) is 0 Å². The molecule has 1 heterocycles. The second-order valence-electron chi connectivity index (χ2n) is 5.02. The van der Waals surface area contributed by atoms with Crippen molar-refractivity contribution in [1.82, 2.24) is 4.90 Å². The number of carbonyl (C=O) groups excluding carboxylic acids is 3. The molecule has 21 heavy (non-hydrogen) atoms. The Hall–Kier alpha value is -2.08. The van der Waals surface area contributed by atoms with Gasteiger partial charge in [0.2, 0.25) is 17.7 Å². The van der Waals surface area contributed by atoms with E-state index < -0.39 is 0 Å². The third-order valence-corrected chi connectivity index (χ3v) is 3.66. The van der Waals surface area contributed by atoms with Crippen molar-refractivity contribution >= 4 is 40.7 Å². The third-order valence-electron chi connectivity index (χ3n) is 3.31. The molecule has 0 aromatic heterocycles. The van der Waals surface area contributed by atoms with Crippen LogP contribution in [0.1, 0.15) is 19.8 Å². The van der Waals surface area contributed by atoms with E-state index in [0.29, 0.717) is 16.4 Å². The Kier molecular flexibility index (Phi) is 4.47. The summed E-state index contributed by atoms with van der Waals surface area (Å²) in [5.74, 6) is -1.03. The molecule has 0 aliphatic carbocycles. The number of nitrogen functional groups attached to an aromatic ring is 1. The van der Waals surface area contributed by atoms with E-state index in [2.05, 4.69) is 5.32 Å². The fourth-order valence-corrected chi connectivity index (χ4v) is 2.26. The van der Waals surface area contributed by atoms with E-state index in [4.69, 9.17) is 17.3 Å². The van der Waals surface area contributed by atoms with Gasteiger partial charge < -0.3 is 11.1 Å². The van der Waals surface area contributed by atoms with Gasteiger partial charge in [-0.2, -0.15) is 0 Å². The molecule has 0 radical (unpaired) electrons. The zero-order valence-electron chi connectivity index (χ0n) is 11.6. The number of nitrogens with one attached hydrogen (secondary N) is 1. The number of carbonyl (C=O) groups is 3. The molecule has 1 saturated heterocycles. The van der Waals surface area contributed by atoms with Crippen LogP contribution in [0.4, 0.5) is 11.4 Å². The number of anilines is 2. The zero-order valence-corrected chi connectivity index (χ0v) is 12.3. The Balaban J connectivity index is 1.89. The lowest BCUT2D eigenvalue weighted by Gasteiger charge is -2.14. The molecular weight excluding hydrogens is 294 g/mol. The summed E-state index contributed by atoms with van der Waals surface area (Å²) in [6.45, 7) is 1.80. The van der Waals surface area contributed by atoms with E-state index in [1.807, 2.05) is 0 Å². The Morgan fingerprint density at radius 3 is 2.76 bits per heavy atom. The SMILES string of the molecule is CC1CC(=O)N(CCC(=O)Nc2ccc(Cl)c(N)c2)C1=O. The van der Waals surface area contributed by atoms with Crippen molar-refractivity contribution in [3.05, 3.63) is 23.2 Å². The van der Waals surface area contributed by atoms with Crippen LogP contribution >= 0.6 is 11.6 Å². The first kappa shape index (κ1) is 15.3. The largest absolute Gasteiger partial charge is 0.397 e. The van der Waals surface area contributed by atoms with Crippen molar-refractivity contribution in [3.8, 4) is 0 Å². The van der Waals surface area contributed by atoms with E-state index in [1.54, 1.807) is 25.1 Å². The van der Waals surface area contributed by atoms with Crippen molar-refractivity contribution in [1.29, 1.82) is 0 Å². The van der Waals surface area contributed by atoms with Gasteiger partial charge >= 0.3 is 0 Å². The number of benzene rings is 1. The monoisotopic (exact) mass is 309 g/mol. The molecule has 0 saturated carbocycles. The summed E-state index contributed by atoms with van der Waals surface area (Å²) in [5.41, 5.74) is 6.53. The highest BCUT2D eigenvalue weighted by atomic mass is 35.5. The fourth-order valence-electron chi connectivity index (χ4n) is 2.14. The number of imide groups is 1. The minimum Gasteiger partial charge on any atom is -0.397 e. The van der Waals surface area contributed by atoms with Crippen molar-refractivity contribution in [2.45, 2.75) is 19.8 Å². The maximum Gasteiger partial charge on any atom is 0.232 e. The molecule has 0 spiro atoms. The van der Waals surface area contributed by atoms with E-state index in [9.17, 15) is 14.4 Å². The van der Waals surface area contributed by atoms with Crippen molar-refractivity contribution in [3.63, 3.8) is 0 Å². The minimum absolute atomic E-state index is 0.0483. The number of hydrogen-bond acceptors (Lipinski definition) is 4. The van der Waals surface area contributed by atoms with Gasteiger partial charge in [0.25, 0.3) is 0 Å². The first-order valence-electron chi connectivity index (χ1n) is 6.57. The summed E-state index contributed by atoms with van der Waals surface area (Å²) < 4.78 is 0. The lowest BCUT2D eigenvalue weighted by molar-refractivity contribution is -0.139. The van der Waals surface area contributed by atoms with Crippen molar-refractivity contribution < 1.29 is 14.4 Å². The van der Waals surface area contributed by atoms with Crippen molar-refractivity contribution in [2.24, 2.45) is 5.92 Å². The van der Waals surface area contributed by atoms with Crippen LogP contribution in [0.15, 0.2) is 18.2 Å². The molecule has 7 heteroatoms. The van der Waals surface area contributed by atoms with Gasteiger partial charge in [-0.1, -0.05) is 18.5 Å². The average molecular weight is 310 g/mol. The summed E-state index contributed by atoms with van der Waals surface area (Å²) in [6, 6.07) is 4.76. The van der Waals surface area contributed by atoms with Crippen LogP contribution in [0.2, 0.25) is 5.02 Å². The maximum atomic E-state index is 11.8. The predicted molar refractivity (Wildman–Crippen MR) is 79.6 cm³/mol. The highest BCUT2D eigenvalue weighted by Crippen LogP contribution is 2.22. The molecule has 6 nitrogen and oxygen atoms in total. The Labute approximate surface area is 127 Å². The molecule has 1 atom stereocenters. The normalized spacial score (nSPS) is 18.2. The van der Waals surface area contributed by atoms with Crippen LogP contribution < -0.4 is 11.1 Å². The van der Waals surface area contributed by atoms with Gasteiger partial charge in [-0.3, -0.25) is 19.3 Å². The van der Waals surface area contributed by atoms with Gasteiger partial charge in [-0.05, 0) is 18.2 Å². The molecule has 3 amide bonds. The molecule has 112 valence electrons. The van der Waals surface area contributed by atoms with Crippen LogP contribution in [0.5, 0.6) is 0 Å². The van der Waals surface area contributed by atoms with Gasteiger partial charge in [-0.25, -0.2) is 0 Å². The fraction of sp³-hybridized carbons (Fsp3) is 0.357. The molecule has 1 aromatic carbocycles. The van der Waals surface area contributed by atoms with Crippen LogP contribution in [0, 0.1) is 5.92 Å².